The number of benzene rings is 2. The third kappa shape index (κ3) is 5.40. The minimum Gasteiger partial charge on any atom is -0.481 e. The third-order valence-corrected chi connectivity index (χ3v) is 4.96. The summed E-state index contributed by atoms with van der Waals surface area (Å²) in [4.78, 5) is 16.6. The SMILES string of the molecule is C=C(C)CC(C(=O)O)c1cc(-c2ccc(C)cc2)nc(-c2ccc(C(F)(F)F)cc2)c1. The highest BCUT2D eigenvalue weighted by Gasteiger charge is 2.30. The second kappa shape index (κ2) is 8.76. The van der Waals surface area contributed by atoms with E-state index in [2.05, 4.69) is 11.6 Å². The average molecular weight is 425 g/mol. The number of nitrogens with zero attached hydrogens (tertiary/aromatic N) is 1. The molecule has 1 heterocycles. The molecule has 0 aliphatic rings. The molecule has 160 valence electrons. The fraction of sp³-hybridized carbons (Fsp3) is 0.200. The molecule has 3 rings (SSSR count). The fourth-order valence-electron chi connectivity index (χ4n) is 3.30. The number of allylic oxidation sites excluding steroid dienone is 1. The van der Waals surface area contributed by atoms with Crippen molar-refractivity contribution in [3.05, 3.63) is 89.5 Å². The molecule has 0 spiro atoms. The zero-order valence-corrected chi connectivity index (χ0v) is 17.2. The van der Waals surface area contributed by atoms with Crippen molar-refractivity contribution in [1.82, 2.24) is 4.98 Å². The molecule has 0 radical (unpaired) electrons. The van der Waals surface area contributed by atoms with E-state index in [1.165, 1.54) is 12.1 Å². The molecule has 1 N–H and O–H groups in total. The van der Waals surface area contributed by atoms with Crippen LogP contribution in [0, 0.1) is 6.92 Å². The molecular formula is C25H22F3NO2. The largest absolute Gasteiger partial charge is 0.481 e. The molecule has 0 aliphatic carbocycles. The number of aliphatic carboxylic acids is 1. The molecule has 0 amide bonds. The second-order valence-corrected chi connectivity index (χ2v) is 7.66. The average Bonchev–Trinajstić information content (AvgIpc) is 2.71. The summed E-state index contributed by atoms with van der Waals surface area (Å²) in [6.45, 7) is 7.53. The van der Waals surface area contributed by atoms with Gasteiger partial charge in [-0.05, 0) is 50.1 Å². The van der Waals surface area contributed by atoms with E-state index >= 15 is 0 Å². The summed E-state index contributed by atoms with van der Waals surface area (Å²) in [7, 11) is 0. The number of aryl methyl sites for hydroxylation is 1. The van der Waals surface area contributed by atoms with Crippen LogP contribution in [0.4, 0.5) is 13.2 Å². The summed E-state index contributed by atoms with van der Waals surface area (Å²) in [6.07, 6.45) is -4.18. The number of carbonyl (C=O) groups is 1. The van der Waals surface area contributed by atoms with Gasteiger partial charge in [-0.1, -0.05) is 47.5 Å². The van der Waals surface area contributed by atoms with E-state index < -0.39 is 23.6 Å². The lowest BCUT2D eigenvalue weighted by atomic mass is 9.91. The normalized spacial score (nSPS) is 12.4. The van der Waals surface area contributed by atoms with Crippen molar-refractivity contribution in [3.63, 3.8) is 0 Å². The Morgan fingerprint density at radius 2 is 1.48 bits per heavy atom. The molecule has 0 saturated heterocycles. The summed E-state index contributed by atoms with van der Waals surface area (Å²) in [5.74, 6) is -1.83. The van der Waals surface area contributed by atoms with Crippen molar-refractivity contribution < 1.29 is 23.1 Å². The Hall–Kier alpha value is -3.41. The molecule has 0 saturated carbocycles. The van der Waals surface area contributed by atoms with Crippen LogP contribution in [0.5, 0.6) is 0 Å². The van der Waals surface area contributed by atoms with E-state index in [9.17, 15) is 23.1 Å². The first-order chi connectivity index (χ1) is 14.5. The van der Waals surface area contributed by atoms with Gasteiger partial charge in [0, 0.05) is 11.1 Å². The van der Waals surface area contributed by atoms with Gasteiger partial charge in [0.25, 0.3) is 0 Å². The summed E-state index contributed by atoms with van der Waals surface area (Å²) in [6, 6.07) is 15.6. The van der Waals surface area contributed by atoms with Crippen molar-refractivity contribution in [2.45, 2.75) is 32.4 Å². The number of carboxylic acid groups (broad SMARTS) is 1. The lowest BCUT2D eigenvalue weighted by Gasteiger charge is -2.16. The van der Waals surface area contributed by atoms with Gasteiger partial charge < -0.3 is 5.11 Å². The van der Waals surface area contributed by atoms with Gasteiger partial charge in [-0.25, -0.2) is 4.98 Å². The smallest absolute Gasteiger partial charge is 0.416 e. The Balaban J connectivity index is 2.15. The molecule has 3 aromatic rings. The number of pyridine rings is 1. The zero-order chi connectivity index (χ0) is 22.8. The minimum atomic E-state index is -4.43. The van der Waals surface area contributed by atoms with Gasteiger partial charge >= 0.3 is 12.1 Å². The molecule has 0 fully saturated rings. The fourth-order valence-corrected chi connectivity index (χ4v) is 3.30. The molecule has 1 atom stereocenters. The van der Waals surface area contributed by atoms with E-state index in [1.54, 1.807) is 19.1 Å². The maximum atomic E-state index is 12.9. The van der Waals surface area contributed by atoms with Gasteiger partial charge in [0.1, 0.15) is 0 Å². The molecule has 2 aromatic carbocycles. The Morgan fingerprint density at radius 3 is 1.90 bits per heavy atom. The summed E-state index contributed by atoms with van der Waals surface area (Å²) in [5.41, 5.74) is 3.79. The van der Waals surface area contributed by atoms with Crippen LogP contribution in [0.2, 0.25) is 0 Å². The zero-order valence-electron chi connectivity index (χ0n) is 17.2. The molecule has 0 bridgehead atoms. The van der Waals surface area contributed by atoms with Crippen molar-refractivity contribution in [3.8, 4) is 22.5 Å². The third-order valence-electron chi connectivity index (χ3n) is 4.96. The van der Waals surface area contributed by atoms with Crippen molar-refractivity contribution in [2.24, 2.45) is 0 Å². The first kappa shape index (κ1) is 22.3. The van der Waals surface area contributed by atoms with Crippen molar-refractivity contribution in [2.75, 3.05) is 0 Å². The van der Waals surface area contributed by atoms with Gasteiger partial charge in [-0.3, -0.25) is 4.79 Å². The first-order valence-electron chi connectivity index (χ1n) is 9.68. The van der Waals surface area contributed by atoms with Gasteiger partial charge in [-0.2, -0.15) is 13.2 Å². The quantitative estimate of drug-likeness (QED) is 0.438. The predicted molar refractivity (Wildman–Crippen MR) is 115 cm³/mol. The number of hydrogen-bond donors (Lipinski definition) is 1. The summed E-state index contributed by atoms with van der Waals surface area (Å²) in [5, 5.41) is 9.77. The Morgan fingerprint density at radius 1 is 1.00 bits per heavy atom. The topological polar surface area (TPSA) is 50.2 Å². The van der Waals surface area contributed by atoms with Crippen LogP contribution in [0.1, 0.15) is 36.0 Å². The highest BCUT2D eigenvalue weighted by molar-refractivity contribution is 5.79. The molecule has 1 unspecified atom stereocenters. The molecule has 6 heteroatoms. The van der Waals surface area contributed by atoms with Crippen LogP contribution >= 0.6 is 0 Å². The van der Waals surface area contributed by atoms with Gasteiger partial charge in [0.15, 0.2) is 0 Å². The van der Waals surface area contributed by atoms with Crippen LogP contribution in [0.25, 0.3) is 22.5 Å². The van der Waals surface area contributed by atoms with Crippen LogP contribution in [0.3, 0.4) is 0 Å². The van der Waals surface area contributed by atoms with Gasteiger partial charge in [0.05, 0.1) is 22.9 Å². The molecule has 3 nitrogen and oxygen atoms in total. The van der Waals surface area contributed by atoms with Crippen LogP contribution in [-0.4, -0.2) is 16.1 Å². The van der Waals surface area contributed by atoms with Crippen LogP contribution in [0.15, 0.2) is 72.8 Å². The highest BCUT2D eigenvalue weighted by Crippen LogP contribution is 2.34. The molecule has 31 heavy (non-hydrogen) atoms. The van der Waals surface area contributed by atoms with E-state index in [4.69, 9.17) is 0 Å². The predicted octanol–water partition coefficient (Wildman–Crippen LogP) is 6.88. The Bertz CT molecular complexity index is 1100. The lowest BCUT2D eigenvalue weighted by molar-refractivity contribution is -0.139. The van der Waals surface area contributed by atoms with Crippen LogP contribution in [-0.2, 0) is 11.0 Å². The number of aromatic nitrogens is 1. The maximum absolute atomic E-state index is 12.9. The van der Waals surface area contributed by atoms with E-state index in [0.29, 0.717) is 22.5 Å². The number of alkyl halides is 3. The van der Waals surface area contributed by atoms with E-state index in [0.717, 1.165) is 28.8 Å². The van der Waals surface area contributed by atoms with Gasteiger partial charge in [-0.15, -0.1) is 6.58 Å². The van der Waals surface area contributed by atoms with E-state index in [-0.39, 0.29) is 6.42 Å². The maximum Gasteiger partial charge on any atom is 0.416 e. The standard InChI is InChI=1S/C25H22F3NO2/c1-15(2)12-21(24(30)31)19-13-22(17-6-4-16(3)5-7-17)29-23(14-19)18-8-10-20(11-9-18)25(26,27)28/h4-11,13-14,21H,1,12H2,2-3H3,(H,30,31). The molecule has 0 aliphatic heterocycles. The number of rotatable bonds is 6. The number of carboxylic acids is 1. The summed E-state index contributed by atoms with van der Waals surface area (Å²) < 4.78 is 38.8. The first-order valence-corrected chi connectivity index (χ1v) is 9.68. The minimum absolute atomic E-state index is 0.249. The highest BCUT2D eigenvalue weighted by atomic mass is 19.4. The lowest BCUT2D eigenvalue weighted by Crippen LogP contribution is -2.12. The van der Waals surface area contributed by atoms with Crippen LogP contribution < -0.4 is 0 Å². The number of hydrogen-bond acceptors (Lipinski definition) is 2. The number of halogens is 3. The molecule has 1 aromatic heterocycles. The second-order valence-electron chi connectivity index (χ2n) is 7.66. The monoisotopic (exact) mass is 425 g/mol. The van der Waals surface area contributed by atoms with Crippen molar-refractivity contribution >= 4 is 5.97 Å². The van der Waals surface area contributed by atoms with Gasteiger partial charge in [0.2, 0.25) is 0 Å². The molecular weight excluding hydrogens is 403 g/mol. The Labute approximate surface area is 178 Å². The Kier molecular flexibility index (Phi) is 6.29. The van der Waals surface area contributed by atoms with Crippen molar-refractivity contribution in [1.29, 1.82) is 0 Å². The summed E-state index contributed by atoms with van der Waals surface area (Å²) >= 11 is 0. The van der Waals surface area contributed by atoms with E-state index in [1.807, 2.05) is 31.2 Å².